The number of hydrogen-bond donors (Lipinski definition) is 1. The van der Waals surface area contributed by atoms with E-state index >= 15 is 0 Å². The second kappa shape index (κ2) is 6.78. The first-order valence-corrected chi connectivity index (χ1v) is 6.71. The molecule has 0 spiro atoms. The lowest BCUT2D eigenvalue weighted by Gasteiger charge is -2.11. The Kier molecular flexibility index (Phi) is 4.81. The molecule has 0 aliphatic heterocycles. The van der Waals surface area contributed by atoms with E-state index in [4.69, 9.17) is 14.7 Å². The van der Waals surface area contributed by atoms with Gasteiger partial charge in [-0.25, -0.2) is 0 Å². The molecule has 2 rings (SSSR count). The lowest BCUT2D eigenvalue weighted by molar-refractivity contribution is 0.173. The van der Waals surface area contributed by atoms with Crippen molar-refractivity contribution in [1.82, 2.24) is 0 Å². The maximum Gasteiger partial charge on any atom is 0.132 e. The first-order valence-electron chi connectivity index (χ1n) is 6.71. The molecule has 0 aliphatic carbocycles. The molecule has 0 radical (unpaired) electrons. The van der Waals surface area contributed by atoms with Gasteiger partial charge in [-0.15, -0.1) is 0 Å². The largest absolute Gasteiger partial charge is 0.497 e. The predicted molar refractivity (Wildman–Crippen MR) is 79.5 cm³/mol. The Morgan fingerprint density at radius 3 is 2.33 bits per heavy atom. The number of methoxy groups -OCH3 is 1. The zero-order valence-electron chi connectivity index (χ0n) is 12.0. The predicted octanol–water partition coefficient (Wildman–Crippen LogP) is 3.80. The van der Waals surface area contributed by atoms with Crippen LogP contribution in [0.1, 0.15) is 30.6 Å². The standard InChI is InChI=1S/C17H17NO3/c1-3-17(19)13-4-6-14(7-5-13)21-16-9-12(11-18)8-15(10-16)20-2/h4-10,17,19H,3H2,1-2H3. The number of nitriles is 1. The number of aliphatic hydroxyl groups excluding tert-OH is 1. The summed E-state index contributed by atoms with van der Waals surface area (Å²) in [5, 5.41) is 18.7. The smallest absolute Gasteiger partial charge is 0.132 e. The summed E-state index contributed by atoms with van der Waals surface area (Å²) in [6.07, 6.45) is 0.211. The van der Waals surface area contributed by atoms with Crippen molar-refractivity contribution in [3.63, 3.8) is 0 Å². The van der Waals surface area contributed by atoms with E-state index in [1.807, 2.05) is 19.1 Å². The lowest BCUT2D eigenvalue weighted by Crippen LogP contribution is -1.94. The Hall–Kier alpha value is -2.51. The highest BCUT2D eigenvalue weighted by molar-refractivity contribution is 5.45. The Labute approximate surface area is 124 Å². The van der Waals surface area contributed by atoms with E-state index in [2.05, 4.69) is 6.07 Å². The fourth-order valence-corrected chi connectivity index (χ4v) is 1.94. The van der Waals surface area contributed by atoms with Crippen LogP contribution < -0.4 is 9.47 Å². The van der Waals surface area contributed by atoms with Gasteiger partial charge in [0.05, 0.1) is 24.8 Å². The maximum atomic E-state index is 9.75. The summed E-state index contributed by atoms with van der Waals surface area (Å²) >= 11 is 0. The van der Waals surface area contributed by atoms with Crippen molar-refractivity contribution < 1.29 is 14.6 Å². The molecule has 1 N–H and O–H groups in total. The molecular weight excluding hydrogens is 266 g/mol. The molecule has 0 amide bonds. The minimum Gasteiger partial charge on any atom is -0.497 e. The highest BCUT2D eigenvalue weighted by Crippen LogP contribution is 2.28. The van der Waals surface area contributed by atoms with Gasteiger partial charge in [0.25, 0.3) is 0 Å². The summed E-state index contributed by atoms with van der Waals surface area (Å²) in [7, 11) is 1.54. The lowest BCUT2D eigenvalue weighted by atomic mass is 10.1. The number of aliphatic hydroxyl groups is 1. The molecule has 0 saturated carbocycles. The summed E-state index contributed by atoms with van der Waals surface area (Å²) < 4.78 is 10.9. The molecule has 0 aliphatic rings. The molecule has 0 bridgehead atoms. The van der Waals surface area contributed by atoms with Crippen LogP contribution in [-0.2, 0) is 0 Å². The number of benzene rings is 2. The molecule has 2 aromatic carbocycles. The van der Waals surface area contributed by atoms with E-state index in [0.717, 1.165) is 5.56 Å². The van der Waals surface area contributed by atoms with Crippen LogP contribution in [0.25, 0.3) is 0 Å². The minimum absolute atomic E-state index is 0.457. The van der Waals surface area contributed by atoms with Gasteiger partial charge in [-0.3, -0.25) is 0 Å². The van der Waals surface area contributed by atoms with Crippen molar-refractivity contribution in [2.75, 3.05) is 7.11 Å². The van der Waals surface area contributed by atoms with Gasteiger partial charge in [-0.2, -0.15) is 5.26 Å². The monoisotopic (exact) mass is 283 g/mol. The maximum absolute atomic E-state index is 9.75. The van der Waals surface area contributed by atoms with Crippen LogP contribution in [0.15, 0.2) is 42.5 Å². The van der Waals surface area contributed by atoms with E-state index < -0.39 is 6.10 Å². The molecule has 4 heteroatoms. The molecule has 0 aromatic heterocycles. The van der Waals surface area contributed by atoms with Crippen LogP contribution in [0.3, 0.4) is 0 Å². The Bertz CT molecular complexity index is 644. The van der Waals surface area contributed by atoms with E-state index in [0.29, 0.717) is 29.2 Å². The zero-order chi connectivity index (χ0) is 15.2. The second-order valence-electron chi connectivity index (χ2n) is 4.60. The minimum atomic E-state index is -0.457. The normalized spacial score (nSPS) is 11.5. The second-order valence-corrected chi connectivity index (χ2v) is 4.60. The molecule has 108 valence electrons. The molecule has 2 aromatic rings. The molecule has 4 nitrogen and oxygen atoms in total. The third-order valence-electron chi connectivity index (χ3n) is 3.13. The van der Waals surface area contributed by atoms with Crippen LogP contribution in [0.5, 0.6) is 17.2 Å². The van der Waals surface area contributed by atoms with Gasteiger partial charge >= 0.3 is 0 Å². The third-order valence-corrected chi connectivity index (χ3v) is 3.13. The van der Waals surface area contributed by atoms with Gasteiger partial charge < -0.3 is 14.6 Å². The van der Waals surface area contributed by atoms with Crippen LogP contribution in [-0.4, -0.2) is 12.2 Å². The number of hydrogen-bond acceptors (Lipinski definition) is 4. The summed E-state index contributed by atoms with van der Waals surface area (Å²) in [6.45, 7) is 1.93. The fraction of sp³-hybridized carbons (Fsp3) is 0.235. The number of ether oxygens (including phenoxy) is 2. The van der Waals surface area contributed by atoms with Crippen molar-refractivity contribution in [2.45, 2.75) is 19.4 Å². The Morgan fingerprint density at radius 1 is 1.10 bits per heavy atom. The van der Waals surface area contributed by atoms with Crippen LogP contribution in [0.4, 0.5) is 0 Å². The van der Waals surface area contributed by atoms with Crippen molar-refractivity contribution >= 4 is 0 Å². The molecule has 1 atom stereocenters. The zero-order valence-corrected chi connectivity index (χ0v) is 12.0. The molecule has 0 heterocycles. The Balaban J connectivity index is 2.20. The average molecular weight is 283 g/mol. The first kappa shape index (κ1) is 14.9. The SMILES string of the molecule is CCC(O)c1ccc(Oc2cc(C#N)cc(OC)c2)cc1. The highest BCUT2D eigenvalue weighted by atomic mass is 16.5. The van der Waals surface area contributed by atoms with Crippen LogP contribution >= 0.6 is 0 Å². The van der Waals surface area contributed by atoms with Gasteiger partial charge in [0.15, 0.2) is 0 Å². The van der Waals surface area contributed by atoms with Crippen LogP contribution in [0, 0.1) is 11.3 Å². The summed E-state index contributed by atoms with van der Waals surface area (Å²) in [5.41, 5.74) is 1.33. The quantitative estimate of drug-likeness (QED) is 0.906. The topological polar surface area (TPSA) is 62.5 Å². The van der Waals surface area contributed by atoms with Crippen molar-refractivity contribution in [3.8, 4) is 23.3 Å². The van der Waals surface area contributed by atoms with Gasteiger partial charge in [0, 0.05) is 6.07 Å². The molecule has 21 heavy (non-hydrogen) atoms. The Morgan fingerprint density at radius 2 is 1.76 bits per heavy atom. The van der Waals surface area contributed by atoms with Crippen LogP contribution in [0.2, 0.25) is 0 Å². The fourth-order valence-electron chi connectivity index (χ4n) is 1.94. The molecule has 0 fully saturated rings. The van der Waals surface area contributed by atoms with E-state index in [1.165, 1.54) is 0 Å². The average Bonchev–Trinajstić information content (AvgIpc) is 2.54. The molecular formula is C17H17NO3. The number of nitrogens with zero attached hydrogens (tertiary/aromatic N) is 1. The summed E-state index contributed by atoms with van der Waals surface area (Å²) in [5.74, 6) is 1.75. The van der Waals surface area contributed by atoms with Crippen molar-refractivity contribution in [2.24, 2.45) is 0 Å². The summed E-state index contributed by atoms with van der Waals surface area (Å²) in [6, 6.07) is 14.3. The van der Waals surface area contributed by atoms with E-state index in [-0.39, 0.29) is 0 Å². The van der Waals surface area contributed by atoms with Gasteiger partial charge in [0.1, 0.15) is 17.2 Å². The van der Waals surface area contributed by atoms with E-state index in [1.54, 1.807) is 37.4 Å². The summed E-state index contributed by atoms with van der Waals surface area (Å²) in [4.78, 5) is 0. The molecule has 1 unspecified atom stereocenters. The highest BCUT2D eigenvalue weighted by Gasteiger charge is 2.06. The van der Waals surface area contributed by atoms with E-state index in [9.17, 15) is 5.11 Å². The van der Waals surface area contributed by atoms with Gasteiger partial charge in [0.2, 0.25) is 0 Å². The van der Waals surface area contributed by atoms with Crippen molar-refractivity contribution in [1.29, 1.82) is 5.26 Å². The third kappa shape index (κ3) is 3.74. The van der Waals surface area contributed by atoms with Crippen molar-refractivity contribution in [3.05, 3.63) is 53.6 Å². The number of rotatable bonds is 5. The molecule has 0 saturated heterocycles. The van der Waals surface area contributed by atoms with Gasteiger partial charge in [-0.05, 0) is 36.2 Å². The van der Waals surface area contributed by atoms with Gasteiger partial charge in [-0.1, -0.05) is 19.1 Å². The first-order chi connectivity index (χ1) is 10.2.